The Labute approximate surface area is 425 Å². The van der Waals surface area contributed by atoms with Crippen LogP contribution in [0.15, 0.2) is 23.2 Å². The van der Waals surface area contributed by atoms with Crippen molar-refractivity contribution in [1.29, 1.82) is 0 Å². The molecule has 3 unspecified atom stereocenters. The first-order chi connectivity index (χ1) is 33.9. The van der Waals surface area contributed by atoms with Crippen LogP contribution in [0, 0.1) is 11.8 Å². The number of halogens is 1. The molecule has 2 saturated heterocycles. The van der Waals surface area contributed by atoms with Crippen LogP contribution in [0.2, 0.25) is 5.02 Å². The maximum absolute atomic E-state index is 15.0. The minimum atomic E-state index is -1.83. The Hall–Kier alpha value is -6.23. The van der Waals surface area contributed by atoms with Crippen molar-refractivity contribution in [3.8, 4) is 5.75 Å². The zero-order valence-electron chi connectivity index (χ0n) is 42.5. The monoisotopic (exact) mass is 1030 g/mol. The Morgan fingerprint density at radius 2 is 1.65 bits per heavy atom. The number of benzene rings is 1. The number of cyclic esters (lactones) is 1. The first-order valence-electron chi connectivity index (χ1n) is 24.5. The predicted octanol–water partition coefficient (Wildman–Crippen LogP) is 0.598. The van der Waals surface area contributed by atoms with Crippen LogP contribution in [0.1, 0.15) is 118 Å². The number of rotatable bonds is 20. The fourth-order valence-corrected chi connectivity index (χ4v) is 8.70. The lowest BCUT2D eigenvalue weighted by Crippen LogP contribution is -2.66. The number of hydrogen-bond donors (Lipinski definition) is 9. The number of aliphatic imine (C=N–C) groups is 1. The largest absolute Gasteiger partial charge is 0.495 e. The van der Waals surface area contributed by atoms with E-state index in [1.54, 1.807) is 45.9 Å². The number of ether oxygens (including phenoxy) is 2. The summed E-state index contributed by atoms with van der Waals surface area (Å²) < 4.78 is 11.2. The molecule has 1 aromatic rings. The second-order valence-corrected chi connectivity index (χ2v) is 19.1. The highest BCUT2D eigenvalue weighted by Crippen LogP contribution is 2.29. The summed E-state index contributed by atoms with van der Waals surface area (Å²) in [4.78, 5) is 132. The van der Waals surface area contributed by atoms with Crippen molar-refractivity contribution < 1.29 is 62.8 Å². The van der Waals surface area contributed by atoms with Crippen molar-refractivity contribution in [3.63, 3.8) is 0 Å². The van der Waals surface area contributed by atoms with Crippen molar-refractivity contribution >= 4 is 70.8 Å². The Morgan fingerprint density at radius 3 is 2.25 bits per heavy atom. The van der Waals surface area contributed by atoms with Crippen LogP contribution in [0.3, 0.4) is 0 Å². The number of nitrogens with two attached hydrogens (primary N) is 2. The van der Waals surface area contributed by atoms with Gasteiger partial charge in [-0.2, -0.15) is 0 Å². The number of amides is 7. The molecule has 0 saturated carbocycles. The number of aliphatic carboxylic acids is 1. The van der Waals surface area contributed by atoms with Crippen LogP contribution in [-0.4, -0.2) is 155 Å². The SMILES string of the molecule is CCCCCC(=O)N[C@@H](CCC(=O)O)C(=O)N[C@H]1C(=O)N[C@@H](CCCN=C(N)N)C(=O)NC2CC[C@@H](O)N(C2=O)C([C@@H](C)CC)C(=O)N(C)[C@@H](Cc2ccc(OC)c(Cl)c2)C(=O)NC(C(C)C)C(=O)O[C@@H]1C. The van der Waals surface area contributed by atoms with Gasteiger partial charge in [0.15, 0.2) is 5.96 Å². The third-order valence-electron chi connectivity index (χ3n) is 12.9. The average Bonchev–Trinajstić information content (AvgIpc) is 3.32. The number of likely N-dealkylation sites (N-methyl/N-ethyl adjacent to an activating group) is 1. The van der Waals surface area contributed by atoms with Crippen LogP contribution < -0.4 is 42.8 Å². The van der Waals surface area contributed by atoms with Gasteiger partial charge >= 0.3 is 11.9 Å². The number of hydrogen-bond acceptors (Lipinski definition) is 13. The molecule has 23 nitrogen and oxygen atoms in total. The maximum Gasteiger partial charge on any atom is 0.329 e. The average molecular weight is 1040 g/mol. The van der Waals surface area contributed by atoms with Gasteiger partial charge in [-0.25, -0.2) is 4.79 Å². The van der Waals surface area contributed by atoms with Crippen LogP contribution in [0.5, 0.6) is 5.75 Å². The molecule has 2 aliphatic rings. The summed E-state index contributed by atoms with van der Waals surface area (Å²) in [6.07, 6.45) is -2.06. The normalized spacial score (nSPS) is 24.5. The van der Waals surface area contributed by atoms with E-state index in [0.717, 1.165) is 16.2 Å². The van der Waals surface area contributed by atoms with E-state index in [9.17, 15) is 53.4 Å². The maximum atomic E-state index is 15.0. The molecule has 72 heavy (non-hydrogen) atoms. The van der Waals surface area contributed by atoms with Crippen molar-refractivity contribution in [3.05, 3.63) is 28.8 Å². The zero-order valence-corrected chi connectivity index (χ0v) is 43.3. The van der Waals surface area contributed by atoms with Gasteiger partial charge in [-0.1, -0.05) is 71.5 Å². The first-order valence-corrected chi connectivity index (χ1v) is 24.9. The molecule has 24 heteroatoms. The van der Waals surface area contributed by atoms with Crippen LogP contribution in [0.4, 0.5) is 0 Å². The number of nitrogens with one attached hydrogen (secondary N) is 5. The second kappa shape index (κ2) is 28.7. The minimum absolute atomic E-state index is 0.00271. The number of fused-ring (bicyclic) bond motifs is 2. The fraction of sp³-hybridized carbons (Fsp3) is 0.667. The van der Waals surface area contributed by atoms with Crippen LogP contribution in [-0.2, 0) is 54.3 Å². The fourth-order valence-electron chi connectivity index (χ4n) is 8.42. The molecular weight excluding hydrogens is 960 g/mol. The Kier molecular flexibility index (Phi) is 24.0. The van der Waals surface area contributed by atoms with Crippen molar-refractivity contribution in [1.82, 2.24) is 36.4 Å². The third kappa shape index (κ3) is 17.2. The van der Waals surface area contributed by atoms with Crippen molar-refractivity contribution in [2.75, 3.05) is 20.7 Å². The van der Waals surface area contributed by atoms with Crippen LogP contribution >= 0.6 is 11.6 Å². The van der Waals surface area contributed by atoms with Gasteiger partial charge in [0, 0.05) is 32.9 Å². The summed E-state index contributed by atoms with van der Waals surface area (Å²) in [5.74, 6) is -9.47. The number of carbonyl (C=O) groups excluding carboxylic acids is 8. The molecule has 0 spiro atoms. The number of aliphatic hydroxyl groups excluding tert-OH is 1. The number of nitrogens with zero attached hydrogens (tertiary/aromatic N) is 3. The van der Waals surface area contributed by atoms with Gasteiger partial charge in [0.1, 0.15) is 60.4 Å². The number of unbranched alkanes of at least 4 members (excludes halogenated alkanes) is 2. The zero-order chi connectivity index (χ0) is 54.0. The van der Waals surface area contributed by atoms with E-state index in [4.69, 9.17) is 32.5 Å². The van der Waals surface area contributed by atoms with Gasteiger partial charge in [-0.3, -0.25) is 43.3 Å². The number of methoxy groups -OCH3 is 1. The number of esters is 1. The quantitative estimate of drug-likeness (QED) is 0.0374. The van der Waals surface area contributed by atoms with Gasteiger partial charge in [0.25, 0.3) is 0 Å². The molecule has 1 aromatic carbocycles. The van der Waals surface area contributed by atoms with Gasteiger partial charge in [-0.15, -0.1) is 0 Å². The lowest BCUT2D eigenvalue weighted by atomic mass is 9.91. The highest BCUT2D eigenvalue weighted by Gasteiger charge is 2.47. The molecule has 2 fully saturated rings. The van der Waals surface area contributed by atoms with E-state index in [2.05, 4.69) is 31.6 Å². The number of carboxylic acid groups (broad SMARTS) is 1. The second-order valence-electron chi connectivity index (χ2n) is 18.7. The molecule has 2 bridgehead atoms. The summed E-state index contributed by atoms with van der Waals surface area (Å²) in [6, 6.07) is -5.58. The van der Waals surface area contributed by atoms with Gasteiger partial charge in [-0.05, 0) is 75.0 Å². The Morgan fingerprint density at radius 1 is 0.958 bits per heavy atom. The molecule has 0 radical (unpaired) electrons. The molecule has 402 valence electrons. The summed E-state index contributed by atoms with van der Waals surface area (Å²) in [5.41, 5.74) is 11.5. The topological polar surface area (TPSA) is 344 Å². The summed E-state index contributed by atoms with van der Waals surface area (Å²) in [6.45, 7) is 9.89. The van der Waals surface area contributed by atoms with Crippen molar-refractivity contribution in [2.24, 2.45) is 28.3 Å². The molecule has 3 rings (SSSR count). The number of carboxylic acids is 1. The van der Waals surface area contributed by atoms with E-state index in [1.807, 2.05) is 6.92 Å². The predicted molar refractivity (Wildman–Crippen MR) is 265 cm³/mol. The summed E-state index contributed by atoms with van der Waals surface area (Å²) in [7, 11) is 2.78. The third-order valence-corrected chi connectivity index (χ3v) is 13.2. The first kappa shape index (κ1) is 60.1. The number of piperidine rings is 1. The van der Waals surface area contributed by atoms with Gasteiger partial charge < -0.3 is 67.5 Å². The molecule has 7 amide bonds. The molecule has 11 N–H and O–H groups in total. The molecule has 0 aromatic heterocycles. The van der Waals surface area contributed by atoms with Crippen LogP contribution in [0.25, 0.3) is 0 Å². The number of aliphatic hydroxyl groups is 1. The Balaban J connectivity index is 2.27. The molecular formula is C48H75ClN10O13. The minimum Gasteiger partial charge on any atom is -0.495 e. The van der Waals surface area contributed by atoms with Gasteiger partial charge in [0.2, 0.25) is 41.4 Å². The van der Waals surface area contributed by atoms with E-state index in [1.165, 1.54) is 21.1 Å². The van der Waals surface area contributed by atoms with E-state index < -0.39 is 126 Å². The standard InChI is InChI=1S/C48H75ClN10O13/c1-9-11-12-15-35(60)53-31(18-21-37(62)63)42(65)57-39-27(6)72-47(70)38(25(3)4)56-43(66)33(24-28-16-19-34(71-8)29(49)23-28)58(7)46(69)40(26(5)10-2)59-36(61)20-17-32(45(59)68)55-41(64)30(54-44(39)67)14-13-22-52-48(50)51/h16,19,23,25-27,30-33,36,38-40,61H,9-15,17-18,20-22,24H2,1-8H3,(H,53,60)(H,54,67)(H,55,64)(H,56,66)(H,57,65)(H,62,63)(H4,50,51,52)/t26-,27+,30-,31-,32?,33-,36+,38?,39+,40?/m0/s1. The highest BCUT2D eigenvalue weighted by molar-refractivity contribution is 6.32. The summed E-state index contributed by atoms with van der Waals surface area (Å²) >= 11 is 6.49. The molecule has 0 aliphatic carbocycles. The molecule has 10 atom stereocenters. The lowest BCUT2D eigenvalue weighted by Gasteiger charge is -2.44. The smallest absolute Gasteiger partial charge is 0.329 e. The van der Waals surface area contributed by atoms with E-state index in [0.29, 0.717) is 30.6 Å². The Bertz CT molecular complexity index is 2120. The number of guanidine groups is 1. The lowest BCUT2D eigenvalue weighted by molar-refractivity contribution is -0.168. The highest BCUT2D eigenvalue weighted by atomic mass is 35.5. The van der Waals surface area contributed by atoms with E-state index >= 15 is 0 Å². The summed E-state index contributed by atoms with van der Waals surface area (Å²) in [5, 5.41) is 34.2. The van der Waals surface area contributed by atoms with Crippen molar-refractivity contribution in [2.45, 2.75) is 173 Å². The molecule has 2 heterocycles. The van der Waals surface area contributed by atoms with Gasteiger partial charge in [0.05, 0.1) is 12.1 Å². The van der Waals surface area contributed by atoms with E-state index in [-0.39, 0.29) is 62.5 Å². The number of carbonyl (C=O) groups is 9. The molecule has 2 aliphatic heterocycles.